The lowest BCUT2D eigenvalue weighted by atomic mass is 10.1. The van der Waals surface area contributed by atoms with Crippen LogP contribution in [0.25, 0.3) is 5.69 Å². The van der Waals surface area contributed by atoms with Gasteiger partial charge in [0.1, 0.15) is 12.4 Å². The number of aryl methyl sites for hydroxylation is 1. The second kappa shape index (κ2) is 10.0. The molecule has 0 unspecified atom stereocenters. The molecular formula is C27H26N4O3. The van der Waals surface area contributed by atoms with Gasteiger partial charge in [0.15, 0.2) is 0 Å². The Morgan fingerprint density at radius 1 is 0.971 bits per heavy atom. The molecule has 4 aromatic rings. The van der Waals surface area contributed by atoms with Gasteiger partial charge in [0.25, 0.3) is 11.8 Å². The van der Waals surface area contributed by atoms with E-state index in [1.54, 1.807) is 42.5 Å². The van der Waals surface area contributed by atoms with E-state index in [2.05, 4.69) is 10.4 Å². The standard InChI is InChI=1S/C27H26N4O3/c1-18-24(19(2)31(30-18)22-11-4-3-5-12-22)16-29-27(33)21-10-8-9-20(15-21)17-34-25-14-7-6-13-23(25)26(28)32/h3-15H,16-17H2,1-2H3,(H2,28,32)(H,29,33). The molecule has 0 atom stereocenters. The molecule has 0 fully saturated rings. The monoisotopic (exact) mass is 454 g/mol. The van der Waals surface area contributed by atoms with Gasteiger partial charge in [-0.1, -0.05) is 42.5 Å². The van der Waals surface area contributed by atoms with Crippen LogP contribution in [0.1, 0.15) is 43.2 Å². The number of nitrogens with one attached hydrogen (secondary N) is 1. The molecule has 0 aliphatic rings. The summed E-state index contributed by atoms with van der Waals surface area (Å²) in [6, 6.07) is 23.9. The summed E-state index contributed by atoms with van der Waals surface area (Å²) in [7, 11) is 0. The molecule has 3 aromatic carbocycles. The lowest BCUT2D eigenvalue weighted by Crippen LogP contribution is -2.23. The van der Waals surface area contributed by atoms with E-state index in [1.165, 1.54) is 0 Å². The van der Waals surface area contributed by atoms with Crippen molar-refractivity contribution >= 4 is 11.8 Å². The van der Waals surface area contributed by atoms with Crippen LogP contribution in [-0.2, 0) is 13.2 Å². The zero-order valence-electron chi connectivity index (χ0n) is 19.1. The fraction of sp³-hybridized carbons (Fsp3) is 0.148. The van der Waals surface area contributed by atoms with E-state index < -0.39 is 5.91 Å². The zero-order chi connectivity index (χ0) is 24.1. The minimum absolute atomic E-state index is 0.189. The van der Waals surface area contributed by atoms with Gasteiger partial charge < -0.3 is 15.8 Å². The Kier molecular flexibility index (Phi) is 6.73. The first-order valence-electron chi connectivity index (χ1n) is 10.9. The number of nitrogens with zero attached hydrogens (tertiary/aromatic N) is 2. The van der Waals surface area contributed by atoms with Gasteiger partial charge >= 0.3 is 0 Å². The number of hydrogen-bond acceptors (Lipinski definition) is 4. The summed E-state index contributed by atoms with van der Waals surface area (Å²) in [6.07, 6.45) is 0. The summed E-state index contributed by atoms with van der Waals surface area (Å²) in [5.41, 5.74) is 10.9. The van der Waals surface area contributed by atoms with Crippen molar-refractivity contribution in [1.29, 1.82) is 0 Å². The molecule has 2 amide bonds. The van der Waals surface area contributed by atoms with Gasteiger partial charge in [-0.15, -0.1) is 0 Å². The molecule has 7 nitrogen and oxygen atoms in total. The number of aromatic nitrogens is 2. The SMILES string of the molecule is Cc1nn(-c2ccccc2)c(C)c1CNC(=O)c1cccc(COc2ccccc2C(N)=O)c1. The molecule has 3 N–H and O–H groups in total. The van der Waals surface area contributed by atoms with Gasteiger partial charge in [0.2, 0.25) is 0 Å². The maximum absolute atomic E-state index is 12.8. The average molecular weight is 455 g/mol. The third kappa shape index (κ3) is 4.99. The molecule has 0 spiro atoms. The number of rotatable bonds is 8. The average Bonchev–Trinajstić information content (AvgIpc) is 3.15. The lowest BCUT2D eigenvalue weighted by molar-refractivity contribution is 0.0949. The van der Waals surface area contributed by atoms with E-state index >= 15 is 0 Å². The number of primary amides is 1. The number of amides is 2. The minimum atomic E-state index is -0.551. The van der Waals surface area contributed by atoms with Crippen LogP contribution in [0.4, 0.5) is 0 Å². The highest BCUT2D eigenvalue weighted by Gasteiger charge is 2.15. The fourth-order valence-corrected chi connectivity index (χ4v) is 3.78. The zero-order valence-corrected chi connectivity index (χ0v) is 19.1. The van der Waals surface area contributed by atoms with E-state index in [1.807, 2.05) is 54.9 Å². The Morgan fingerprint density at radius 3 is 2.47 bits per heavy atom. The lowest BCUT2D eigenvalue weighted by Gasteiger charge is -2.11. The van der Waals surface area contributed by atoms with Crippen molar-refractivity contribution in [3.63, 3.8) is 0 Å². The van der Waals surface area contributed by atoms with Crippen molar-refractivity contribution in [3.05, 3.63) is 113 Å². The highest BCUT2D eigenvalue weighted by molar-refractivity contribution is 5.95. The van der Waals surface area contributed by atoms with Crippen molar-refractivity contribution in [3.8, 4) is 11.4 Å². The van der Waals surface area contributed by atoms with Crippen LogP contribution >= 0.6 is 0 Å². The molecule has 4 rings (SSSR count). The van der Waals surface area contributed by atoms with E-state index in [4.69, 9.17) is 10.5 Å². The Morgan fingerprint density at radius 2 is 1.71 bits per heavy atom. The summed E-state index contributed by atoms with van der Waals surface area (Å²) in [5, 5.41) is 7.63. The molecule has 7 heteroatoms. The normalized spacial score (nSPS) is 10.6. The van der Waals surface area contributed by atoms with E-state index in [-0.39, 0.29) is 12.5 Å². The number of nitrogens with two attached hydrogens (primary N) is 1. The molecule has 0 saturated heterocycles. The van der Waals surface area contributed by atoms with Crippen LogP contribution in [0.5, 0.6) is 5.75 Å². The van der Waals surface area contributed by atoms with Crippen molar-refractivity contribution in [1.82, 2.24) is 15.1 Å². The van der Waals surface area contributed by atoms with E-state index in [0.29, 0.717) is 23.4 Å². The van der Waals surface area contributed by atoms with Crippen LogP contribution in [0.15, 0.2) is 78.9 Å². The number of para-hydroxylation sites is 2. The van der Waals surface area contributed by atoms with Gasteiger partial charge in [-0.05, 0) is 55.8 Å². The summed E-state index contributed by atoms with van der Waals surface area (Å²) < 4.78 is 7.67. The van der Waals surface area contributed by atoms with Crippen LogP contribution in [0, 0.1) is 13.8 Å². The fourth-order valence-electron chi connectivity index (χ4n) is 3.78. The summed E-state index contributed by atoms with van der Waals surface area (Å²) in [4.78, 5) is 24.4. The summed E-state index contributed by atoms with van der Waals surface area (Å²) in [5.74, 6) is -0.332. The van der Waals surface area contributed by atoms with Crippen LogP contribution in [-0.4, -0.2) is 21.6 Å². The van der Waals surface area contributed by atoms with Crippen molar-refractivity contribution in [2.75, 3.05) is 0 Å². The first-order valence-corrected chi connectivity index (χ1v) is 10.9. The predicted octanol–water partition coefficient (Wildman–Crippen LogP) is 4.10. The summed E-state index contributed by atoms with van der Waals surface area (Å²) in [6.45, 7) is 4.51. The van der Waals surface area contributed by atoms with Gasteiger partial charge in [-0.25, -0.2) is 4.68 Å². The Balaban J connectivity index is 1.43. The Hall–Kier alpha value is -4.39. The van der Waals surface area contributed by atoms with Crippen LogP contribution in [0.3, 0.4) is 0 Å². The topological polar surface area (TPSA) is 99.2 Å². The predicted molar refractivity (Wildman–Crippen MR) is 130 cm³/mol. The number of ether oxygens (including phenoxy) is 1. The highest BCUT2D eigenvalue weighted by Crippen LogP contribution is 2.20. The molecule has 0 saturated carbocycles. The maximum Gasteiger partial charge on any atom is 0.252 e. The second-order valence-electron chi connectivity index (χ2n) is 7.93. The molecular weight excluding hydrogens is 428 g/mol. The molecule has 0 aliphatic heterocycles. The molecule has 1 heterocycles. The highest BCUT2D eigenvalue weighted by atomic mass is 16.5. The largest absolute Gasteiger partial charge is 0.488 e. The van der Waals surface area contributed by atoms with Crippen LogP contribution in [0.2, 0.25) is 0 Å². The summed E-state index contributed by atoms with van der Waals surface area (Å²) >= 11 is 0. The van der Waals surface area contributed by atoms with E-state index in [9.17, 15) is 9.59 Å². The number of benzene rings is 3. The van der Waals surface area contributed by atoms with E-state index in [0.717, 1.165) is 28.2 Å². The van der Waals surface area contributed by atoms with Gasteiger partial charge in [0, 0.05) is 23.4 Å². The molecule has 1 aromatic heterocycles. The number of carbonyl (C=O) groups is 2. The minimum Gasteiger partial charge on any atom is -0.488 e. The van der Waals surface area contributed by atoms with Crippen LogP contribution < -0.4 is 15.8 Å². The van der Waals surface area contributed by atoms with Crippen molar-refractivity contribution < 1.29 is 14.3 Å². The first-order chi connectivity index (χ1) is 16.4. The quantitative estimate of drug-likeness (QED) is 0.419. The number of carbonyl (C=O) groups excluding carboxylic acids is 2. The van der Waals surface area contributed by atoms with Gasteiger partial charge in [-0.2, -0.15) is 5.10 Å². The van der Waals surface area contributed by atoms with Gasteiger partial charge in [-0.3, -0.25) is 9.59 Å². The smallest absolute Gasteiger partial charge is 0.252 e. The molecule has 172 valence electrons. The Labute approximate surface area is 198 Å². The van der Waals surface area contributed by atoms with Crippen molar-refractivity contribution in [2.24, 2.45) is 5.73 Å². The molecule has 0 aliphatic carbocycles. The second-order valence-corrected chi connectivity index (χ2v) is 7.93. The molecule has 0 bridgehead atoms. The molecule has 34 heavy (non-hydrogen) atoms. The molecule has 0 radical (unpaired) electrons. The first kappa shape index (κ1) is 22.8. The third-order valence-corrected chi connectivity index (χ3v) is 5.60. The van der Waals surface area contributed by atoms with Gasteiger partial charge in [0.05, 0.1) is 16.9 Å². The Bertz CT molecular complexity index is 1330. The number of hydrogen-bond donors (Lipinski definition) is 2. The van der Waals surface area contributed by atoms with Crippen molar-refractivity contribution in [2.45, 2.75) is 27.0 Å². The maximum atomic E-state index is 12.8. The third-order valence-electron chi connectivity index (χ3n) is 5.60.